The van der Waals surface area contributed by atoms with E-state index in [9.17, 15) is 0 Å². The summed E-state index contributed by atoms with van der Waals surface area (Å²) in [5.41, 5.74) is 1.09. The molecule has 0 amide bonds. The van der Waals surface area contributed by atoms with Gasteiger partial charge < -0.3 is 10.1 Å². The fraction of sp³-hybridized carbons (Fsp3) is 0.333. The second-order valence-electron chi connectivity index (χ2n) is 4.54. The van der Waals surface area contributed by atoms with E-state index in [2.05, 4.69) is 22.2 Å². The summed E-state index contributed by atoms with van der Waals surface area (Å²) in [7, 11) is 1.82. The molecule has 1 aromatic carbocycles. The van der Waals surface area contributed by atoms with E-state index in [1.54, 1.807) is 6.07 Å². The van der Waals surface area contributed by atoms with Gasteiger partial charge in [0.25, 0.3) is 0 Å². The van der Waals surface area contributed by atoms with Crippen LogP contribution < -0.4 is 10.1 Å². The Morgan fingerprint density at radius 1 is 1.25 bits per heavy atom. The third-order valence-electron chi connectivity index (χ3n) is 2.78. The maximum absolute atomic E-state index is 6.17. The molecule has 0 radical (unpaired) electrons. The molecule has 4 nitrogen and oxygen atoms in total. The Balaban J connectivity index is 2.29. The zero-order valence-corrected chi connectivity index (χ0v) is 12.7. The summed E-state index contributed by atoms with van der Waals surface area (Å²) >= 11 is 6.17. The summed E-state index contributed by atoms with van der Waals surface area (Å²) in [6.07, 6.45) is 1.80. The van der Waals surface area contributed by atoms with E-state index in [1.165, 1.54) is 0 Å². The van der Waals surface area contributed by atoms with Crippen molar-refractivity contribution in [1.82, 2.24) is 9.97 Å². The second kappa shape index (κ2) is 6.57. The predicted molar refractivity (Wildman–Crippen MR) is 81.8 cm³/mol. The molecule has 1 aromatic heterocycles. The zero-order valence-electron chi connectivity index (χ0n) is 11.9. The van der Waals surface area contributed by atoms with E-state index in [4.69, 9.17) is 16.3 Å². The molecule has 2 aromatic rings. The fourth-order valence-corrected chi connectivity index (χ4v) is 2.06. The van der Waals surface area contributed by atoms with Crippen LogP contribution in [0.1, 0.15) is 24.7 Å². The Morgan fingerprint density at radius 3 is 2.70 bits per heavy atom. The van der Waals surface area contributed by atoms with Crippen LogP contribution in [0.5, 0.6) is 11.6 Å². The highest BCUT2D eigenvalue weighted by Gasteiger charge is 2.08. The summed E-state index contributed by atoms with van der Waals surface area (Å²) in [6, 6.07) is 7.42. The number of ether oxygens (including phenoxy) is 1. The fourth-order valence-electron chi connectivity index (χ4n) is 1.79. The molecule has 0 spiro atoms. The SMILES string of the molecule is CCCc1nc(NC)cc(Oc2ccc(C)cc2Cl)n1. The van der Waals surface area contributed by atoms with Crippen LogP contribution in [0.4, 0.5) is 5.82 Å². The topological polar surface area (TPSA) is 47.0 Å². The molecule has 0 aliphatic carbocycles. The van der Waals surface area contributed by atoms with Gasteiger partial charge in [0, 0.05) is 19.5 Å². The molecular weight excluding hydrogens is 274 g/mol. The number of aromatic nitrogens is 2. The first-order valence-corrected chi connectivity index (χ1v) is 7.00. The molecule has 0 bridgehead atoms. The maximum Gasteiger partial charge on any atom is 0.224 e. The van der Waals surface area contributed by atoms with Crippen LogP contribution >= 0.6 is 11.6 Å². The van der Waals surface area contributed by atoms with Crippen molar-refractivity contribution in [2.45, 2.75) is 26.7 Å². The molecule has 106 valence electrons. The molecule has 0 fully saturated rings. The van der Waals surface area contributed by atoms with Gasteiger partial charge in [-0.05, 0) is 31.0 Å². The normalized spacial score (nSPS) is 10.4. The number of nitrogens with one attached hydrogen (secondary N) is 1. The molecule has 5 heteroatoms. The summed E-state index contributed by atoms with van der Waals surface area (Å²) in [6.45, 7) is 4.07. The van der Waals surface area contributed by atoms with Gasteiger partial charge >= 0.3 is 0 Å². The van der Waals surface area contributed by atoms with E-state index in [0.29, 0.717) is 16.7 Å². The highest BCUT2D eigenvalue weighted by Crippen LogP contribution is 2.29. The van der Waals surface area contributed by atoms with Gasteiger partial charge in [-0.15, -0.1) is 0 Å². The van der Waals surface area contributed by atoms with Crippen LogP contribution in [-0.2, 0) is 6.42 Å². The first kappa shape index (κ1) is 14.6. The minimum Gasteiger partial charge on any atom is -0.437 e. The van der Waals surface area contributed by atoms with Crippen molar-refractivity contribution in [3.63, 3.8) is 0 Å². The average molecular weight is 292 g/mol. The lowest BCUT2D eigenvalue weighted by atomic mass is 10.2. The quantitative estimate of drug-likeness (QED) is 0.896. The molecule has 0 saturated carbocycles. The van der Waals surface area contributed by atoms with E-state index in [1.807, 2.05) is 32.2 Å². The van der Waals surface area contributed by atoms with Crippen LogP contribution in [0, 0.1) is 6.92 Å². The van der Waals surface area contributed by atoms with E-state index in [0.717, 1.165) is 30.0 Å². The van der Waals surface area contributed by atoms with Crippen molar-refractivity contribution in [3.05, 3.63) is 40.7 Å². The lowest BCUT2D eigenvalue weighted by molar-refractivity contribution is 0.459. The molecule has 0 aliphatic rings. The number of hydrogen-bond acceptors (Lipinski definition) is 4. The van der Waals surface area contributed by atoms with Crippen molar-refractivity contribution in [2.75, 3.05) is 12.4 Å². The smallest absolute Gasteiger partial charge is 0.224 e. The average Bonchev–Trinajstić information content (AvgIpc) is 2.42. The van der Waals surface area contributed by atoms with Crippen LogP contribution in [-0.4, -0.2) is 17.0 Å². The van der Waals surface area contributed by atoms with E-state index >= 15 is 0 Å². The summed E-state index contributed by atoms with van der Waals surface area (Å²) in [4.78, 5) is 8.78. The highest BCUT2D eigenvalue weighted by molar-refractivity contribution is 6.32. The number of anilines is 1. The van der Waals surface area contributed by atoms with Crippen LogP contribution in [0.15, 0.2) is 24.3 Å². The Bertz CT molecular complexity index is 602. The molecule has 0 aliphatic heterocycles. The Labute approximate surface area is 124 Å². The Kier molecular flexibility index (Phi) is 4.79. The van der Waals surface area contributed by atoms with Gasteiger partial charge in [-0.2, -0.15) is 4.98 Å². The molecular formula is C15H18ClN3O. The minimum atomic E-state index is 0.499. The van der Waals surface area contributed by atoms with Crippen LogP contribution in [0.3, 0.4) is 0 Å². The Hall–Kier alpha value is -1.81. The summed E-state index contributed by atoms with van der Waals surface area (Å²) in [5, 5.41) is 3.59. The number of benzene rings is 1. The molecule has 0 saturated heterocycles. The molecule has 1 N–H and O–H groups in total. The van der Waals surface area contributed by atoms with E-state index in [-0.39, 0.29) is 0 Å². The highest BCUT2D eigenvalue weighted by atomic mass is 35.5. The third kappa shape index (κ3) is 3.61. The number of nitrogens with zero attached hydrogens (tertiary/aromatic N) is 2. The van der Waals surface area contributed by atoms with Crippen molar-refractivity contribution in [3.8, 4) is 11.6 Å². The van der Waals surface area contributed by atoms with Crippen LogP contribution in [0.25, 0.3) is 0 Å². The minimum absolute atomic E-state index is 0.499. The molecule has 0 atom stereocenters. The number of hydrogen-bond donors (Lipinski definition) is 1. The van der Waals surface area contributed by atoms with Crippen molar-refractivity contribution < 1.29 is 4.74 Å². The lowest BCUT2D eigenvalue weighted by Gasteiger charge is -2.10. The van der Waals surface area contributed by atoms with Crippen LogP contribution in [0.2, 0.25) is 5.02 Å². The molecule has 2 rings (SSSR count). The number of halogens is 1. The van der Waals surface area contributed by atoms with Gasteiger partial charge in [0.15, 0.2) is 0 Å². The Morgan fingerprint density at radius 2 is 2.05 bits per heavy atom. The van der Waals surface area contributed by atoms with Crippen molar-refractivity contribution >= 4 is 17.4 Å². The molecule has 1 heterocycles. The van der Waals surface area contributed by atoms with Crippen molar-refractivity contribution in [1.29, 1.82) is 0 Å². The van der Waals surface area contributed by atoms with Gasteiger partial charge in [-0.25, -0.2) is 4.98 Å². The predicted octanol–water partition coefficient (Wildman–Crippen LogP) is 4.22. The summed E-state index contributed by atoms with van der Waals surface area (Å²) in [5.74, 6) is 2.60. The first-order valence-electron chi connectivity index (χ1n) is 6.62. The number of rotatable bonds is 5. The standard InChI is InChI=1S/C15H18ClN3O/c1-4-5-13-18-14(17-3)9-15(19-13)20-12-7-6-10(2)8-11(12)16/h6-9H,4-5H2,1-3H3,(H,17,18,19). The lowest BCUT2D eigenvalue weighted by Crippen LogP contribution is -2.02. The maximum atomic E-state index is 6.17. The monoisotopic (exact) mass is 291 g/mol. The van der Waals surface area contributed by atoms with Gasteiger partial charge in [0.2, 0.25) is 5.88 Å². The third-order valence-corrected chi connectivity index (χ3v) is 3.08. The van der Waals surface area contributed by atoms with Gasteiger partial charge in [-0.3, -0.25) is 0 Å². The largest absolute Gasteiger partial charge is 0.437 e. The second-order valence-corrected chi connectivity index (χ2v) is 4.95. The summed E-state index contributed by atoms with van der Waals surface area (Å²) < 4.78 is 5.77. The first-order chi connectivity index (χ1) is 9.62. The van der Waals surface area contributed by atoms with E-state index < -0.39 is 0 Å². The molecule has 20 heavy (non-hydrogen) atoms. The van der Waals surface area contributed by atoms with Gasteiger partial charge in [0.05, 0.1) is 5.02 Å². The van der Waals surface area contributed by atoms with Gasteiger partial charge in [-0.1, -0.05) is 24.6 Å². The number of aryl methyl sites for hydroxylation is 2. The van der Waals surface area contributed by atoms with Gasteiger partial charge in [0.1, 0.15) is 17.4 Å². The zero-order chi connectivity index (χ0) is 14.5. The molecule has 0 unspecified atom stereocenters. The van der Waals surface area contributed by atoms with Crippen molar-refractivity contribution in [2.24, 2.45) is 0 Å².